The molecule has 0 saturated carbocycles. The Bertz CT molecular complexity index is 560. The summed E-state index contributed by atoms with van der Waals surface area (Å²) in [6.07, 6.45) is 1.98. The standard InChI is InChI=1S/C12H14ClFN4.ClH/c13-11-5-8-2-4-18(12(8)17-16-11)7-9-1-3-15-6-10(9)14;/h2,4-5,9-10,15H,1,3,6-7H2;1H/t9-,10-;/m1./s1. The first kappa shape index (κ1) is 14.5. The van der Waals surface area contributed by atoms with Crippen LogP contribution in [0.1, 0.15) is 6.42 Å². The van der Waals surface area contributed by atoms with Gasteiger partial charge in [0.15, 0.2) is 10.8 Å². The number of fused-ring (bicyclic) bond motifs is 1. The first-order valence-electron chi connectivity index (χ1n) is 6.07. The number of piperidine rings is 1. The monoisotopic (exact) mass is 304 g/mol. The highest BCUT2D eigenvalue weighted by molar-refractivity contribution is 6.29. The Kier molecular flexibility index (Phi) is 4.60. The summed E-state index contributed by atoms with van der Waals surface area (Å²) in [5.74, 6) is 0.0410. The summed E-state index contributed by atoms with van der Waals surface area (Å²) in [5.41, 5.74) is 0.769. The highest BCUT2D eigenvalue weighted by Crippen LogP contribution is 2.22. The lowest BCUT2D eigenvalue weighted by Gasteiger charge is -2.27. The molecule has 0 unspecified atom stereocenters. The summed E-state index contributed by atoms with van der Waals surface area (Å²) in [4.78, 5) is 0. The molecule has 3 heterocycles. The Balaban J connectivity index is 0.00000133. The summed E-state index contributed by atoms with van der Waals surface area (Å²) in [6.45, 7) is 1.96. The molecule has 0 spiro atoms. The second kappa shape index (κ2) is 6.03. The molecule has 104 valence electrons. The van der Waals surface area contributed by atoms with Crippen LogP contribution in [-0.2, 0) is 6.54 Å². The number of nitrogens with one attached hydrogen (secondary N) is 1. The quantitative estimate of drug-likeness (QED) is 0.927. The van der Waals surface area contributed by atoms with E-state index in [1.54, 1.807) is 6.07 Å². The van der Waals surface area contributed by atoms with Crippen molar-refractivity contribution < 1.29 is 4.39 Å². The molecule has 7 heteroatoms. The van der Waals surface area contributed by atoms with Gasteiger partial charge in [-0.05, 0) is 25.1 Å². The average molecular weight is 305 g/mol. The van der Waals surface area contributed by atoms with Crippen LogP contribution in [0.2, 0.25) is 5.15 Å². The fourth-order valence-corrected chi connectivity index (χ4v) is 2.60. The van der Waals surface area contributed by atoms with Crippen LogP contribution in [0.5, 0.6) is 0 Å². The molecular weight excluding hydrogens is 290 g/mol. The number of halogens is 3. The molecule has 2 aromatic heterocycles. The number of hydrogen-bond donors (Lipinski definition) is 1. The van der Waals surface area contributed by atoms with Gasteiger partial charge < -0.3 is 9.88 Å². The van der Waals surface area contributed by atoms with E-state index in [-0.39, 0.29) is 18.3 Å². The maximum absolute atomic E-state index is 13.8. The molecule has 0 aromatic carbocycles. The van der Waals surface area contributed by atoms with Gasteiger partial charge >= 0.3 is 0 Å². The second-order valence-electron chi connectivity index (χ2n) is 4.68. The molecule has 0 amide bonds. The van der Waals surface area contributed by atoms with Crippen molar-refractivity contribution in [1.29, 1.82) is 0 Å². The number of rotatable bonds is 2. The van der Waals surface area contributed by atoms with Crippen LogP contribution in [0.15, 0.2) is 18.3 Å². The molecule has 0 radical (unpaired) electrons. The zero-order chi connectivity index (χ0) is 12.5. The van der Waals surface area contributed by atoms with E-state index in [9.17, 15) is 4.39 Å². The molecule has 0 bridgehead atoms. The van der Waals surface area contributed by atoms with Crippen molar-refractivity contribution in [1.82, 2.24) is 20.1 Å². The van der Waals surface area contributed by atoms with Gasteiger partial charge in [0.25, 0.3) is 0 Å². The van der Waals surface area contributed by atoms with E-state index in [2.05, 4.69) is 15.5 Å². The van der Waals surface area contributed by atoms with Crippen LogP contribution in [0, 0.1) is 5.92 Å². The highest BCUT2D eigenvalue weighted by Gasteiger charge is 2.25. The van der Waals surface area contributed by atoms with Gasteiger partial charge in [-0.15, -0.1) is 22.6 Å². The van der Waals surface area contributed by atoms with Crippen molar-refractivity contribution >= 4 is 35.0 Å². The molecule has 1 N–H and O–H groups in total. The van der Waals surface area contributed by atoms with Crippen molar-refractivity contribution in [2.24, 2.45) is 5.92 Å². The fourth-order valence-electron chi connectivity index (χ4n) is 2.44. The molecule has 0 aliphatic carbocycles. The van der Waals surface area contributed by atoms with E-state index in [0.29, 0.717) is 18.2 Å². The van der Waals surface area contributed by atoms with Crippen molar-refractivity contribution in [3.8, 4) is 0 Å². The molecule has 3 rings (SSSR count). The molecule has 1 aliphatic heterocycles. The van der Waals surface area contributed by atoms with E-state index < -0.39 is 6.17 Å². The predicted molar refractivity (Wildman–Crippen MR) is 75.7 cm³/mol. The number of nitrogens with zero attached hydrogens (tertiary/aromatic N) is 3. The van der Waals surface area contributed by atoms with Gasteiger partial charge in [-0.2, -0.15) is 0 Å². The molecule has 1 aliphatic rings. The van der Waals surface area contributed by atoms with Crippen molar-refractivity contribution in [3.05, 3.63) is 23.5 Å². The van der Waals surface area contributed by atoms with Gasteiger partial charge in [-0.3, -0.25) is 0 Å². The Labute approximate surface area is 121 Å². The van der Waals surface area contributed by atoms with Gasteiger partial charge in [0.05, 0.1) is 0 Å². The summed E-state index contributed by atoms with van der Waals surface area (Å²) < 4.78 is 15.7. The van der Waals surface area contributed by atoms with Crippen molar-refractivity contribution in [2.45, 2.75) is 19.1 Å². The minimum Gasteiger partial charge on any atom is -0.331 e. The van der Waals surface area contributed by atoms with Crippen LogP contribution in [0.25, 0.3) is 11.0 Å². The van der Waals surface area contributed by atoms with E-state index in [1.807, 2.05) is 16.8 Å². The molecule has 19 heavy (non-hydrogen) atoms. The molecule has 4 nitrogen and oxygen atoms in total. The minimum absolute atomic E-state index is 0. The molecular formula is C12H15Cl2FN4. The van der Waals surface area contributed by atoms with E-state index in [0.717, 1.165) is 24.0 Å². The number of hydrogen-bond acceptors (Lipinski definition) is 3. The molecule has 1 fully saturated rings. The fraction of sp³-hybridized carbons (Fsp3) is 0.500. The minimum atomic E-state index is -0.795. The van der Waals surface area contributed by atoms with Gasteiger partial charge in [0, 0.05) is 30.6 Å². The average Bonchev–Trinajstić information content (AvgIpc) is 2.74. The zero-order valence-corrected chi connectivity index (χ0v) is 11.8. The Morgan fingerprint density at radius 2 is 2.32 bits per heavy atom. The Morgan fingerprint density at radius 1 is 1.47 bits per heavy atom. The van der Waals surface area contributed by atoms with Crippen molar-refractivity contribution in [3.63, 3.8) is 0 Å². The van der Waals surface area contributed by atoms with Crippen LogP contribution < -0.4 is 5.32 Å². The van der Waals surface area contributed by atoms with Crippen molar-refractivity contribution in [2.75, 3.05) is 13.1 Å². The second-order valence-corrected chi connectivity index (χ2v) is 5.07. The number of aromatic nitrogens is 3. The first-order chi connectivity index (χ1) is 8.74. The Morgan fingerprint density at radius 3 is 3.11 bits per heavy atom. The van der Waals surface area contributed by atoms with E-state index >= 15 is 0 Å². The van der Waals surface area contributed by atoms with Crippen LogP contribution >= 0.6 is 24.0 Å². The zero-order valence-electron chi connectivity index (χ0n) is 10.2. The van der Waals surface area contributed by atoms with Crippen LogP contribution in [0.3, 0.4) is 0 Å². The molecule has 2 aromatic rings. The van der Waals surface area contributed by atoms with Gasteiger partial charge in [0.2, 0.25) is 0 Å². The SMILES string of the molecule is Cl.F[C@@H]1CNCC[C@@H]1Cn1ccc2cc(Cl)nnc21. The van der Waals surface area contributed by atoms with Gasteiger partial charge in [0.1, 0.15) is 6.17 Å². The third-order valence-corrected chi connectivity index (χ3v) is 3.64. The highest BCUT2D eigenvalue weighted by atomic mass is 35.5. The maximum Gasteiger partial charge on any atom is 0.162 e. The summed E-state index contributed by atoms with van der Waals surface area (Å²) >= 11 is 5.79. The smallest absolute Gasteiger partial charge is 0.162 e. The Hall–Kier alpha value is -0.910. The molecule has 1 saturated heterocycles. The lowest BCUT2D eigenvalue weighted by atomic mass is 9.96. The largest absolute Gasteiger partial charge is 0.331 e. The lowest BCUT2D eigenvalue weighted by Crippen LogP contribution is -2.39. The maximum atomic E-state index is 13.8. The normalized spacial score (nSPS) is 23.3. The van der Waals surface area contributed by atoms with Gasteiger partial charge in [-0.25, -0.2) is 4.39 Å². The first-order valence-corrected chi connectivity index (χ1v) is 6.44. The van der Waals surface area contributed by atoms with Crippen LogP contribution in [0.4, 0.5) is 4.39 Å². The summed E-state index contributed by atoms with van der Waals surface area (Å²) in [5, 5.41) is 12.3. The molecule has 2 atom stereocenters. The third-order valence-electron chi connectivity index (χ3n) is 3.45. The summed E-state index contributed by atoms with van der Waals surface area (Å²) in [6, 6.07) is 3.71. The lowest BCUT2D eigenvalue weighted by molar-refractivity contribution is 0.164. The third kappa shape index (κ3) is 2.99. The summed E-state index contributed by atoms with van der Waals surface area (Å²) in [7, 11) is 0. The number of alkyl halides is 1. The van der Waals surface area contributed by atoms with Crippen LogP contribution in [-0.4, -0.2) is 34.0 Å². The van der Waals surface area contributed by atoms with E-state index in [1.165, 1.54) is 0 Å². The van der Waals surface area contributed by atoms with Gasteiger partial charge in [-0.1, -0.05) is 11.6 Å². The topological polar surface area (TPSA) is 42.7 Å². The van der Waals surface area contributed by atoms with E-state index in [4.69, 9.17) is 11.6 Å². The predicted octanol–water partition coefficient (Wildman–Crippen LogP) is 2.45.